The second-order valence-electron chi connectivity index (χ2n) is 5.91. The van der Waals surface area contributed by atoms with E-state index in [1.165, 1.54) is 12.3 Å². The third-order valence-electron chi connectivity index (χ3n) is 4.00. The van der Waals surface area contributed by atoms with E-state index in [9.17, 15) is 18.0 Å². The zero-order valence-electron chi connectivity index (χ0n) is 13.1. The number of nitrogens with zero attached hydrogens (tertiary/aromatic N) is 3. The van der Waals surface area contributed by atoms with Crippen molar-refractivity contribution >= 4 is 5.91 Å². The summed E-state index contributed by atoms with van der Waals surface area (Å²) in [7, 11) is 0. The molecule has 0 bridgehead atoms. The van der Waals surface area contributed by atoms with E-state index < -0.39 is 23.3 Å². The number of hydrogen-bond donors (Lipinski definition) is 2. The summed E-state index contributed by atoms with van der Waals surface area (Å²) in [5, 5.41) is 2.58. The highest BCUT2D eigenvalue weighted by atomic mass is 19.4. The van der Waals surface area contributed by atoms with Crippen LogP contribution in [-0.2, 0) is 6.18 Å². The van der Waals surface area contributed by atoms with Gasteiger partial charge in [0, 0.05) is 24.5 Å². The summed E-state index contributed by atoms with van der Waals surface area (Å²) >= 11 is 0. The maximum absolute atomic E-state index is 13.4. The van der Waals surface area contributed by atoms with Crippen LogP contribution in [0.4, 0.5) is 13.2 Å². The highest BCUT2D eigenvalue weighted by molar-refractivity contribution is 5.95. The van der Waals surface area contributed by atoms with Gasteiger partial charge in [-0.2, -0.15) is 13.2 Å². The molecule has 25 heavy (non-hydrogen) atoms. The van der Waals surface area contributed by atoms with Crippen LogP contribution >= 0.6 is 0 Å². The van der Waals surface area contributed by atoms with Crippen molar-refractivity contribution in [1.82, 2.24) is 20.3 Å². The van der Waals surface area contributed by atoms with Crippen LogP contribution in [0.1, 0.15) is 35.3 Å². The van der Waals surface area contributed by atoms with Crippen LogP contribution in [0.2, 0.25) is 0 Å². The number of alkyl halides is 3. The Morgan fingerprint density at radius 2 is 2.04 bits per heavy atom. The minimum Gasteiger partial charge on any atom is -0.349 e. The van der Waals surface area contributed by atoms with Gasteiger partial charge in [-0.05, 0) is 31.4 Å². The van der Waals surface area contributed by atoms with Crippen molar-refractivity contribution in [1.29, 1.82) is 0 Å². The molecule has 132 valence electrons. The zero-order valence-corrected chi connectivity index (χ0v) is 13.1. The van der Waals surface area contributed by atoms with Crippen molar-refractivity contribution in [2.24, 2.45) is 5.73 Å². The second-order valence-corrected chi connectivity index (χ2v) is 5.91. The van der Waals surface area contributed by atoms with Gasteiger partial charge in [0.1, 0.15) is 5.69 Å². The largest absolute Gasteiger partial charge is 0.434 e. The Morgan fingerprint density at radius 3 is 2.64 bits per heavy atom. The summed E-state index contributed by atoms with van der Waals surface area (Å²) in [5.41, 5.74) is 4.08. The van der Waals surface area contributed by atoms with Crippen LogP contribution in [0.15, 0.2) is 30.6 Å². The number of carbonyl (C=O) groups is 1. The van der Waals surface area contributed by atoms with Gasteiger partial charge >= 0.3 is 6.18 Å². The molecule has 1 saturated carbocycles. The number of aromatic nitrogens is 3. The van der Waals surface area contributed by atoms with E-state index in [2.05, 4.69) is 20.3 Å². The fourth-order valence-electron chi connectivity index (χ4n) is 2.79. The predicted molar refractivity (Wildman–Crippen MR) is 83.3 cm³/mol. The summed E-state index contributed by atoms with van der Waals surface area (Å²) < 4.78 is 40.1. The lowest BCUT2D eigenvalue weighted by Gasteiger charge is -2.16. The van der Waals surface area contributed by atoms with E-state index in [-0.39, 0.29) is 23.6 Å². The van der Waals surface area contributed by atoms with Crippen LogP contribution in [0.25, 0.3) is 11.5 Å². The van der Waals surface area contributed by atoms with Gasteiger partial charge in [-0.15, -0.1) is 0 Å². The van der Waals surface area contributed by atoms with Gasteiger partial charge in [-0.25, -0.2) is 9.97 Å². The number of nitrogens with two attached hydrogens (primary N) is 1. The van der Waals surface area contributed by atoms with Crippen molar-refractivity contribution in [3.05, 3.63) is 41.9 Å². The molecular formula is C16H16F3N5O. The molecule has 0 spiro atoms. The average Bonchev–Trinajstić information content (AvgIpc) is 2.99. The minimum atomic E-state index is -4.79. The van der Waals surface area contributed by atoms with Crippen LogP contribution in [0.5, 0.6) is 0 Å². The Labute approximate surface area is 141 Å². The number of rotatable bonds is 3. The fourth-order valence-corrected chi connectivity index (χ4v) is 2.79. The lowest BCUT2D eigenvalue weighted by molar-refractivity contribution is -0.141. The topological polar surface area (TPSA) is 93.8 Å². The van der Waals surface area contributed by atoms with E-state index >= 15 is 0 Å². The SMILES string of the molecule is N[C@@H]1CC[C@@H](NC(=O)c2cnc(-c3ccccn3)nc2C(F)(F)F)C1. The van der Waals surface area contributed by atoms with E-state index in [0.29, 0.717) is 12.8 Å². The Morgan fingerprint density at radius 1 is 1.24 bits per heavy atom. The van der Waals surface area contributed by atoms with E-state index in [0.717, 1.165) is 12.6 Å². The zero-order chi connectivity index (χ0) is 18.0. The van der Waals surface area contributed by atoms with Crippen LogP contribution in [0.3, 0.4) is 0 Å². The first kappa shape index (κ1) is 17.3. The highest BCUT2D eigenvalue weighted by Crippen LogP contribution is 2.31. The van der Waals surface area contributed by atoms with Crippen molar-refractivity contribution in [3.8, 4) is 11.5 Å². The summed E-state index contributed by atoms with van der Waals surface area (Å²) in [4.78, 5) is 23.6. The van der Waals surface area contributed by atoms with Crippen molar-refractivity contribution < 1.29 is 18.0 Å². The third kappa shape index (κ3) is 3.93. The van der Waals surface area contributed by atoms with Gasteiger partial charge in [0.05, 0.1) is 5.56 Å². The van der Waals surface area contributed by atoms with Gasteiger partial charge in [0.2, 0.25) is 0 Å². The molecule has 1 aliphatic rings. The quantitative estimate of drug-likeness (QED) is 0.884. The van der Waals surface area contributed by atoms with Gasteiger partial charge in [0.25, 0.3) is 5.91 Å². The first-order chi connectivity index (χ1) is 11.8. The number of pyridine rings is 1. The molecule has 1 aliphatic carbocycles. The van der Waals surface area contributed by atoms with Crippen LogP contribution in [-0.4, -0.2) is 32.9 Å². The standard InChI is InChI=1S/C16H16F3N5O/c17-16(18,19)13-11(15(25)23-10-5-4-9(20)7-10)8-22-14(24-13)12-3-1-2-6-21-12/h1-3,6,8-10H,4-5,7,20H2,(H,23,25)/t9-,10-/m1/s1. The van der Waals surface area contributed by atoms with Gasteiger partial charge in [-0.3, -0.25) is 9.78 Å². The summed E-state index contributed by atoms with van der Waals surface area (Å²) in [6, 6.07) is 4.45. The third-order valence-corrected chi connectivity index (χ3v) is 4.00. The smallest absolute Gasteiger partial charge is 0.349 e. The van der Waals surface area contributed by atoms with Crippen LogP contribution in [0, 0.1) is 0 Å². The maximum atomic E-state index is 13.4. The molecule has 1 amide bonds. The fraction of sp³-hybridized carbons (Fsp3) is 0.375. The summed E-state index contributed by atoms with van der Waals surface area (Å²) in [5.74, 6) is -1.04. The van der Waals surface area contributed by atoms with E-state index in [1.54, 1.807) is 12.1 Å². The molecule has 2 atom stereocenters. The van der Waals surface area contributed by atoms with E-state index in [4.69, 9.17) is 5.73 Å². The van der Waals surface area contributed by atoms with Gasteiger partial charge < -0.3 is 11.1 Å². The van der Waals surface area contributed by atoms with Crippen molar-refractivity contribution in [2.45, 2.75) is 37.5 Å². The molecule has 2 aromatic heterocycles. The summed E-state index contributed by atoms with van der Waals surface area (Å²) in [6.45, 7) is 0. The van der Waals surface area contributed by atoms with E-state index in [1.807, 2.05) is 0 Å². The second kappa shape index (κ2) is 6.75. The Bertz CT molecular complexity index is 766. The molecule has 1 fully saturated rings. The summed E-state index contributed by atoms with van der Waals surface area (Å²) in [6.07, 6.45) is -0.557. The van der Waals surface area contributed by atoms with Crippen molar-refractivity contribution in [3.63, 3.8) is 0 Å². The molecular weight excluding hydrogens is 335 g/mol. The molecule has 2 heterocycles. The molecule has 0 saturated heterocycles. The molecule has 0 aromatic carbocycles. The maximum Gasteiger partial charge on any atom is 0.434 e. The molecule has 0 radical (unpaired) electrons. The molecule has 0 aliphatic heterocycles. The first-order valence-corrected chi connectivity index (χ1v) is 7.76. The number of carbonyl (C=O) groups excluding carboxylic acids is 1. The normalized spacial score (nSPS) is 20.5. The number of halogens is 3. The lowest BCUT2D eigenvalue weighted by Crippen LogP contribution is -2.35. The Hall–Kier alpha value is -2.55. The predicted octanol–water partition coefficient (Wildman–Crippen LogP) is 2.17. The molecule has 9 heteroatoms. The molecule has 2 aromatic rings. The Kier molecular flexibility index (Phi) is 4.67. The number of hydrogen-bond acceptors (Lipinski definition) is 5. The molecule has 3 N–H and O–H groups in total. The Balaban J connectivity index is 1.92. The number of nitrogens with one attached hydrogen (secondary N) is 1. The first-order valence-electron chi connectivity index (χ1n) is 7.76. The van der Waals surface area contributed by atoms with Gasteiger partial charge in [0.15, 0.2) is 11.5 Å². The van der Waals surface area contributed by atoms with Crippen molar-refractivity contribution in [2.75, 3.05) is 0 Å². The average molecular weight is 351 g/mol. The van der Waals surface area contributed by atoms with Gasteiger partial charge in [-0.1, -0.05) is 6.07 Å². The monoisotopic (exact) mass is 351 g/mol. The van der Waals surface area contributed by atoms with Crippen LogP contribution < -0.4 is 11.1 Å². The molecule has 3 rings (SSSR count). The lowest BCUT2D eigenvalue weighted by atomic mass is 10.1. The molecule has 0 unspecified atom stereocenters. The highest BCUT2D eigenvalue weighted by Gasteiger charge is 2.38. The number of amides is 1. The minimum absolute atomic E-state index is 0.0461. The molecule has 6 nitrogen and oxygen atoms in total.